The van der Waals surface area contributed by atoms with Gasteiger partial charge in [0.1, 0.15) is 5.75 Å². The summed E-state index contributed by atoms with van der Waals surface area (Å²) in [5, 5.41) is 27.8. The van der Waals surface area contributed by atoms with Gasteiger partial charge in [0, 0.05) is 17.6 Å². The molecule has 0 amide bonds. The SMILES string of the molecule is N#CC(=Cc1cccn1-c1ccc(O)cc1)c1ccc(C(=O)O)cc1. The number of rotatable bonds is 4. The highest BCUT2D eigenvalue weighted by atomic mass is 16.4. The fourth-order valence-electron chi connectivity index (χ4n) is 2.48. The van der Waals surface area contributed by atoms with E-state index in [9.17, 15) is 15.2 Å². The first-order valence-corrected chi connectivity index (χ1v) is 7.51. The summed E-state index contributed by atoms with van der Waals surface area (Å²) in [6, 6.07) is 18.8. The number of aromatic carboxylic acids is 1. The number of hydrogen-bond donors (Lipinski definition) is 2. The molecule has 0 aliphatic heterocycles. The minimum Gasteiger partial charge on any atom is -0.508 e. The Morgan fingerprint density at radius 2 is 1.64 bits per heavy atom. The standard InChI is InChI=1S/C20H14N2O3/c21-13-16(14-3-5-15(6-4-14)20(24)25)12-18-2-1-11-22(18)17-7-9-19(23)10-8-17/h1-12,23H,(H,24,25). The molecule has 0 atom stereocenters. The van der Waals surface area contributed by atoms with Crippen LogP contribution in [0.1, 0.15) is 21.6 Å². The molecule has 3 rings (SSSR count). The van der Waals surface area contributed by atoms with Crippen molar-refractivity contribution in [2.45, 2.75) is 0 Å². The summed E-state index contributed by atoms with van der Waals surface area (Å²) in [6.45, 7) is 0. The van der Waals surface area contributed by atoms with Gasteiger partial charge in [-0.05, 0) is 60.2 Å². The fourth-order valence-corrected chi connectivity index (χ4v) is 2.48. The molecule has 25 heavy (non-hydrogen) atoms. The Hall–Kier alpha value is -3.78. The van der Waals surface area contributed by atoms with Crippen molar-refractivity contribution in [1.82, 2.24) is 4.57 Å². The zero-order chi connectivity index (χ0) is 17.8. The maximum absolute atomic E-state index is 10.9. The van der Waals surface area contributed by atoms with Gasteiger partial charge in [-0.25, -0.2) is 4.79 Å². The summed E-state index contributed by atoms with van der Waals surface area (Å²) >= 11 is 0. The lowest BCUT2D eigenvalue weighted by Gasteiger charge is -2.07. The quantitative estimate of drug-likeness (QED) is 0.709. The van der Waals surface area contributed by atoms with Gasteiger partial charge in [0.15, 0.2) is 0 Å². The molecule has 1 heterocycles. The van der Waals surface area contributed by atoms with E-state index in [4.69, 9.17) is 5.11 Å². The molecule has 2 N–H and O–H groups in total. The second kappa shape index (κ2) is 6.77. The zero-order valence-corrected chi connectivity index (χ0v) is 13.1. The van der Waals surface area contributed by atoms with Crippen LogP contribution in [0.3, 0.4) is 0 Å². The number of nitrogens with zero attached hydrogens (tertiary/aromatic N) is 2. The number of carboxylic acid groups (broad SMARTS) is 1. The highest BCUT2D eigenvalue weighted by Crippen LogP contribution is 2.22. The molecule has 0 spiro atoms. The minimum absolute atomic E-state index is 0.175. The van der Waals surface area contributed by atoms with Gasteiger partial charge in [-0.1, -0.05) is 12.1 Å². The number of benzene rings is 2. The van der Waals surface area contributed by atoms with Crippen molar-refractivity contribution in [1.29, 1.82) is 5.26 Å². The van der Waals surface area contributed by atoms with Crippen LogP contribution in [0.25, 0.3) is 17.3 Å². The van der Waals surface area contributed by atoms with Crippen molar-refractivity contribution in [3.05, 3.63) is 83.7 Å². The molecule has 1 aromatic heterocycles. The van der Waals surface area contributed by atoms with Crippen molar-refractivity contribution in [3.63, 3.8) is 0 Å². The lowest BCUT2D eigenvalue weighted by atomic mass is 10.0. The van der Waals surface area contributed by atoms with E-state index in [2.05, 4.69) is 6.07 Å². The predicted molar refractivity (Wildman–Crippen MR) is 94.3 cm³/mol. The van der Waals surface area contributed by atoms with E-state index in [1.165, 1.54) is 12.1 Å². The predicted octanol–water partition coefficient (Wildman–Crippen LogP) is 3.95. The molecule has 3 aromatic rings. The third-order valence-corrected chi connectivity index (χ3v) is 3.76. The van der Waals surface area contributed by atoms with E-state index in [-0.39, 0.29) is 11.3 Å². The van der Waals surface area contributed by atoms with Gasteiger partial charge >= 0.3 is 5.97 Å². The first kappa shape index (κ1) is 16.1. The van der Waals surface area contributed by atoms with E-state index in [1.54, 1.807) is 42.5 Å². The Balaban J connectivity index is 1.99. The first-order valence-electron chi connectivity index (χ1n) is 7.51. The number of phenols is 1. The number of phenolic OH excluding ortho intramolecular Hbond substituents is 1. The number of aromatic nitrogens is 1. The maximum Gasteiger partial charge on any atom is 0.335 e. The molecule has 122 valence electrons. The lowest BCUT2D eigenvalue weighted by Crippen LogP contribution is -1.96. The number of carbonyl (C=O) groups is 1. The Kier molecular flexibility index (Phi) is 4.36. The topological polar surface area (TPSA) is 86.3 Å². The van der Waals surface area contributed by atoms with Crippen molar-refractivity contribution in [2.75, 3.05) is 0 Å². The van der Waals surface area contributed by atoms with Crippen LogP contribution < -0.4 is 0 Å². The van der Waals surface area contributed by atoms with Crippen molar-refractivity contribution in [2.24, 2.45) is 0 Å². The van der Waals surface area contributed by atoms with E-state index in [1.807, 2.05) is 22.9 Å². The molecular formula is C20H14N2O3. The third-order valence-electron chi connectivity index (χ3n) is 3.76. The number of carboxylic acids is 1. The van der Waals surface area contributed by atoms with Crippen LogP contribution in [-0.4, -0.2) is 20.7 Å². The minimum atomic E-state index is -1.00. The third kappa shape index (κ3) is 3.43. The van der Waals surface area contributed by atoms with Crippen LogP contribution in [0.2, 0.25) is 0 Å². The van der Waals surface area contributed by atoms with Gasteiger partial charge in [0.05, 0.1) is 17.2 Å². The summed E-state index contributed by atoms with van der Waals surface area (Å²) in [4.78, 5) is 10.9. The van der Waals surface area contributed by atoms with E-state index in [0.717, 1.165) is 11.4 Å². The van der Waals surface area contributed by atoms with Crippen molar-refractivity contribution in [3.8, 4) is 17.5 Å². The molecule has 0 bridgehead atoms. The Morgan fingerprint density at radius 3 is 2.24 bits per heavy atom. The number of allylic oxidation sites excluding steroid dienone is 1. The van der Waals surface area contributed by atoms with Gasteiger partial charge in [0.25, 0.3) is 0 Å². The van der Waals surface area contributed by atoms with Crippen LogP contribution in [0, 0.1) is 11.3 Å². The van der Waals surface area contributed by atoms with Gasteiger partial charge in [-0.3, -0.25) is 0 Å². The second-order valence-electron chi connectivity index (χ2n) is 5.37. The molecule has 0 saturated carbocycles. The van der Waals surface area contributed by atoms with Gasteiger partial charge < -0.3 is 14.8 Å². The molecule has 0 aliphatic rings. The summed E-state index contributed by atoms with van der Waals surface area (Å²) in [6.07, 6.45) is 3.60. The number of hydrogen-bond acceptors (Lipinski definition) is 3. The first-order chi connectivity index (χ1) is 12.1. The van der Waals surface area contributed by atoms with Crippen LogP contribution in [0.15, 0.2) is 66.9 Å². The molecular weight excluding hydrogens is 316 g/mol. The fraction of sp³-hybridized carbons (Fsp3) is 0. The summed E-state index contributed by atoms with van der Waals surface area (Å²) in [5.74, 6) is -0.820. The van der Waals surface area contributed by atoms with Gasteiger partial charge in [-0.2, -0.15) is 5.26 Å². The normalized spacial score (nSPS) is 11.1. The Labute approximate surface area is 144 Å². The molecule has 0 aliphatic carbocycles. The highest BCUT2D eigenvalue weighted by molar-refractivity contribution is 5.92. The average molecular weight is 330 g/mol. The van der Waals surface area contributed by atoms with E-state index >= 15 is 0 Å². The Morgan fingerprint density at radius 1 is 1.00 bits per heavy atom. The molecule has 0 radical (unpaired) electrons. The largest absolute Gasteiger partial charge is 0.508 e. The maximum atomic E-state index is 10.9. The number of aromatic hydroxyl groups is 1. The summed E-state index contributed by atoms with van der Waals surface area (Å²) < 4.78 is 1.89. The van der Waals surface area contributed by atoms with Gasteiger partial charge in [0.2, 0.25) is 0 Å². The monoisotopic (exact) mass is 330 g/mol. The molecule has 5 heteroatoms. The summed E-state index contributed by atoms with van der Waals surface area (Å²) in [5.41, 5.74) is 2.90. The molecule has 0 saturated heterocycles. The van der Waals surface area contributed by atoms with Gasteiger partial charge in [-0.15, -0.1) is 0 Å². The number of nitriles is 1. The zero-order valence-electron chi connectivity index (χ0n) is 13.1. The van der Waals surface area contributed by atoms with Crippen LogP contribution in [-0.2, 0) is 0 Å². The van der Waals surface area contributed by atoms with Crippen LogP contribution in [0.4, 0.5) is 0 Å². The molecule has 2 aromatic carbocycles. The van der Waals surface area contributed by atoms with Crippen LogP contribution in [0.5, 0.6) is 5.75 Å². The molecule has 0 unspecified atom stereocenters. The summed E-state index contributed by atoms with van der Waals surface area (Å²) in [7, 11) is 0. The smallest absolute Gasteiger partial charge is 0.335 e. The van der Waals surface area contributed by atoms with E-state index in [0.29, 0.717) is 11.1 Å². The Bertz CT molecular complexity index is 975. The van der Waals surface area contributed by atoms with Crippen LogP contribution >= 0.6 is 0 Å². The highest BCUT2D eigenvalue weighted by Gasteiger charge is 2.07. The molecule has 5 nitrogen and oxygen atoms in total. The second-order valence-corrected chi connectivity index (χ2v) is 5.37. The molecule has 0 fully saturated rings. The van der Waals surface area contributed by atoms with Crippen molar-refractivity contribution < 1.29 is 15.0 Å². The lowest BCUT2D eigenvalue weighted by molar-refractivity contribution is 0.0697. The van der Waals surface area contributed by atoms with Crippen molar-refractivity contribution >= 4 is 17.6 Å². The van der Waals surface area contributed by atoms with E-state index < -0.39 is 5.97 Å². The average Bonchev–Trinajstić information content (AvgIpc) is 3.08.